The van der Waals surface area contributed by atoms with Crippen LogP contribution in [-0.2, 0) is 10.0 Å². The van der Waals surface area contributed by atoms with Gasteiger partial charge in [-0.2, -0.15) is 16.1 Å². The van der Waals surface area contributed by atoms with Crippen LogP contribution in [0.2, 0.25) is 5.02 Å². The average Bonchev–Trinajstić information content (AvgIpc) is 2.91. The summed E-state index contributed by atoms with van der Waals surface area (Å²) in [6.45, 7) is 0. The fourth-order valence-electron chi connectivity index (χ4n) is 1.99. The predicted molar refractivity (Wildman–Crippen MR) is 79.1 cm³/mol. The third-order valence-electron chi connectivity index (χ3n) is 3.26. The highest BCUT2D eigenvalue weighted by atomic mass is 35.5. The lowest BCUT2D eigenvalue weighted by Gasteiger charge is -2.23. The lowest BCUT2D eigenvalue weighted by Crippen LogP contribution is -2.37. The number of rotatable bonds is 4. The van der Waals surface area contributed by atoms with E-state index < -0.39 is 16.0 Å². The molecule has 1 aromatic carbocycles. The quantitative estimate of drug-likeness (QED) is 0.912. The predicted octanol–water partition coefficient (Wildman–Crippen LogP) is 2.16. The monoisotopic (exact) mass is 335 g/mol. The van der Waals surface area contributed by atoms with E-state index in [9.17, 15) is 13.2 Å². The van der Waals surface area contributed by atoms with E-state index in [-0.39, 0.29) is 21.5 Å². The minimum absolute atomic E-state index is 0.0347. The molecule has 0 aliphatic carbocycles. The van der Waals surface area contributed by atoms with E-state index >= 15 is 0 Å². The Morgan fingerprint density at radius 1 is 1.50 bits per heavy atom. The Hall–Kier alpha value is -0.760. The van der Waals surface area contributed by atoms with Gasteiger partial charge in [0, 0.05) is 18.8 Å². The number of carboxylic acids is 1. The van der Waals surface area contributed by atoms with E-state index in [1.807, 2.05) is 0 Å². The molecule has 0 saturated carbocycles. The highest BCUT2D eigenvalue weighted by molar-refractivity contribution is 7.99. The maximum Gasteiger partial charge on any atom is 0.335 e. The zero-order chi connectivity index (χ0) is 14.9. The Morgan fingerprint density at radius 2 is 2.20 bits per heavy atom. The molecule has 0 bridgehead atoms. The maximum atomic E-state index is 12.6. The number of carbonyl (C=O) groups is 1. The molecule has 1 atom stereocenters. The Labute approximate surface area is 127 Å². The van der Waals surface area contributed by atoms with Crippen molar-refractivity contribution < 1.29 is 18.3 Å². The molecule has 110 valence electrons. The molecule has 1 aromatic rings. The van der Waals surface area contributed by atoms with E-state index in [0.29, 0.717) is 0 Å². The van der Waals surface area contributed by atoms with E-state index in [0.717, 1.165) is 24.0 Å². The van der Waals surface area contributed by atoms with Gasteiger partial charge in [-0.05, 0) is 30.4 Å². The Balaban J connectivity index is 2.42. The van der Waals surface area contributed by atoms with Gasteiger partial charge in [0.25, 0.3) is 0 Å². The second kappa shape index (κ2) is 5.93. The first-order valence-corrected chi connectivity index (χ1v) is 8.90. The Kier molecular flexibility index (Phi) is 4.63. The van der Waals surface area contributed by atoms with Gasteiger partial charge in [-0.3, -0.25) is 0 Å². The van der Waals surface area contributed by atoms with Crippen molar-refractivity contribution >= 4 is 39.4 Å². The smallest absolute Gasteiger partial charge is 0.335 e. The van der Waals surface area contributed by atoms with Crippen LogP contribution in [0.25, 0.3) is 0 Å². The summed E-state index contributed by atoms with van der Waals surface area (Å²) in [7, 11) is -2.27. The summed E-state index contributed by atoms with van der Waals surface area (Å²) in [4.78, 5) is 10.8. The molecule has 0 radical (unpaired) electrons. The molecule has 1 heterocycles. The van der Waals surface area contributed by atoms with Gasteiger partial charge in [-0.1, -0.05) is 11.6 Å². The molecule has 1 saturated heterocycles. The van der Waals surface area contributed by atoms with Crippen LogP contribution in [-0.4, -0.2) is 48.4 Å². The summed E-state index contributed by atoms with van der Waals surface area (Å²) in [6.07, 6.45) is 0.788. The van der Waals surface area contributed by atoms with Crippen molar-refractivity contribution in [2.24, 2.45) is 0 Å². The van der Waals surface area contributed by atoms with Crippen LogP contribution in [0, 0.1) is 0 Å². The average molecular weight is 336 g/mol. The summed E-state index contributed by atoms with van der Waals surface area (Å²) >= 11 is 7.63. The van der Waals surface area contributed by atoms with Gasteiger partial charge < -0.3 is 5.11 Å². The standard InChI is InChI=1S/C12H14ClNO4S2/c1-14(9-4-5-19-7-9)20(17,18)11-6-8(12(15)16)2-3-10(11)13/h2-3,6,9H,4-5,7H2,1H3,(H,15,16). The highest BCUT2D eigenvalue weighted by Crippen LogP contribution is 2.30. The second-order valence-electron chi connectivity index (χ2n) is 4.49. The molecule has 0 amide bonds. The van der Waals surface area contributed by atoms with Crippen LogP contribution >= 0.6 is 23.4 Å². The zero-order valence-corrected chi connectivity index (χ0v) is 13.1. The number of hydrogen-bond donors (Lipinski definition) is 1. The number of sulfonamides is 1. The van der Waals surface area contributed by atoms with E-state index in [1.54, 1.807) is 11.8 Å². The first-order chi connectivity index (χ1) is 9.34. The normalized spacial score (nSPS) is 19.4. The largest absolute Gasteiger partial charge is 0.478 e. The third kappa shape index (κ3) is 2.95. The molecule has 1 N–H and O–H groups in total. The van der Waals surface area contributed by atoms with Crippen molar-refractivity contribution in [1.29, 1.82) is 0 Å². The molecule has 1 aliphatic heterocycles. The van der Waals surface area contributed by atoms with E-state index in [4.69, 9.17) is 16.7 Å². The third-order valence-corrected chi connectivity index (χ3v) is 6.79. The Bertz CT molecular complexity index is 626. The van der Waals surface area contributed by atoms with Crippen molar-refractivity contribution in [3.63, 3.8) is 0 Å². The maximum absolute atomic E-state index is 12.6. The van der Waals surface area contributed by atoms with Crippen LogP contribution in [0.3, 0.4) is 0 Å². The number of hydrogen-bond acceptors (Lipinski definition) is 4. The minimum Gasteiger partial charge on any atom is -0.478 e. The van der Waals surface area contributed by atoms with Crippen molar-refractivity contribution in [3.05, 3.63) is 28.8 Å². The SMILES string of the molecule is CN(C1CCSC1)S(=O)(=O)c1cc(C(=O)O)ccc1Cl. The van der Waals surface area contributed by atoms with Gasteiger partial charge in [-0.15, -0.1) is 0 Å². The van der Waals surface area contributed by atoms with Gasteiger partial charge >= 0.3 is 5.97 Å². The molecule has 5 nitrogen and oxygen atoms in total. The molecule has 1 unspecified atom stereocenters. The number of benzene rings is 1. The molecule has 0 spiro atoms. The van der Waals surface area contributed by atoms with Crippen LogP contribution in [0.1, 0.15) is 16.8 Å². The van der Waals surface area contributed by atoms with Crippen LogP contribution in [0.15, 0.2) is 23.1 Å². The van der Waals surface area contributed by atoms with Gasteiger partial charge in [0.1, 0.15) is 4.90 Å². The van der Waals surface area contributed by atoms with E-state index in [1.165, 1.54) is 23.5 Å². The molecule has 20 heavy (non-hydrogen) atoms. The molecule has 8 heteroatoms. The van der Waals surface area contributed by atoms with Gasteiger partial charge in [-0.25, -0.2) is 13.2 Å². The number of thioether (sulfide) groups is 1. The Morgan fingerprint density at radius 3 is 2.75 bits per heavy atom. The summed E-state index contributed by atoms with van der Waals surface area (Å²) in [5, 5.41) is 9.00. The lowest BCUT2D eigenvalue weighted by molar-refractivity contribution is 0.0696. The van der Waals surface area contributed by atoms with Crippen molar-refractivity contribution in [3.8, 4) is 0 Å². The number of nitrogens with zero attached hydrogens (tertiary/aromatic N) is 1. The first kappa shape index (κ1) is 15.6. The van der Waals surface area contributed by atoms with Gasteiger partial charge in [0.05, 0.1) is 10.6 Å². The zero-order valence-electron chi connectivity index (χ0n) is 10.7. The van der Waals surface area contributed by atoms with E-state index in [2.05, 4.69) is 0 Å². The number of halogens is 1. The second-order valence-corrected chi connectivity index (χ2v) is 8.01. The molecule has 0 aromatic heterocycles. The van der Waals surface area contributed by atoms with Crippen molar-refractivity contribution in [1.82, 2.24) is 4.31 Å². The fraction of sp³-hybridized carbons (Fsp3) is 0.417. The van der Waals surface area contributed by atoms with Crippen molar-refractivity contribution in [2.75, 3.05) is 18.6 Å². The topological polar surface area (TPSA) is 74.7 Å². The summed E-state index contributed by atoms with van der Waals surface area (Å²) in [5.74, 6) is 0.483. The van der Waals surface area contributed by atoms with Crippen LogP contribution in [0.4, 0.5) is 0 Å². The highest BCUT2D eigenvalue weighted by Gasteiger charge is 2.32. The lowest BCUT2D eigenvalue weighted by atomic mass is 10.2. The summed E-state index contributed by atoms with van der Waals surface area (Å²) in [5.41, 5.74) is -0.0952. The first-order valence-electron chi connectivity index (χ1n) is 5.92. The summed E-state index contributed by atoms with van der Waals surface area (Å²) in [6, 6.07) is 3.62. The molecule has 2 rings (SSSR count). The van der Waals surface area contributed by atoms with Crippen molar-refractivity contribution in [2.45, 2.75) is 17.4 Å². The molecular weight excluding hydrogens is 322 g/mol. The van der Waals surface area contributed by atoms with Gasteiger partial charge in [0.2, 0.25) is 10.0 Å². The van der Waals surface area contributed by atoms with Gasteiger partial charge in [0.15, 0.2) is 0 Å². The number of carboxylic acid groups (broad SMARTS) is 1. The fourth-order valence-corrected chi connectivity index (χ4v) is 5.24. The number of aromatic carboxylic acids is 1. The molecule has 1 fully saturated rings. The summed E-state index contributed by atoms with van der Waals surface area (Å²) < 4.78 is 26.4. The van der Waals surface area contributed by atoms with Crippen LogP contribution < -0.4 is 0 Å². The minimum atomic E-state index is -3.78. The molecular formula is C12H14ClNO4S2. The molecule has 1 aliphatic rings. The van der Waals surface area contributed by atoms with Crippen LogP contribution in [0.5, 0.6) is 0 Å².